The van der Waals surface area contributed by atoms with Crippen LogP contribution < -0.4 is 9.64 Å². The van der Waals surface area contributed by atoms with Crippen LogP contribution in [-0.4, -0.2) is 78.6 Å². The summed E-state index contributed by atoms with van der Waals surface area (Å²) >= 11 is 0. The van der Waals surface area contributed by atoms with Crippen LogP contribution in [0.2, 0.25) is 0 Å². The molecular formula is C23H31N5O2. The van der Waals surface area contributed by atoms with Crippen LogP contribution in [0.25, 0.3) is 0 Å². The van der Waals surface area contributed by atoms with Crippen molar-refractivity contribution in [3.8, 4) is 5.75 Å². The van der Waals surface area contributed by atoms with Gasteiger partial charge in [-0.05, 0) is 38.4 Å². The molecule has 2 aliphatic rings. The minimum atomic E-state index is -0.0195. The number of hydrogen-bond donors (Lipinski definition) is 0. The van der Waals surface area contributed by atoms with E-state index in [1.807, 2.05) is 23.1 Å². The highest BCUT2D eigenvalue weighted by atomic mass is 16.5. The van der Waals surface area contributed by atoms with Crippen LogP contribution >= 0.6 is 0 Å². The molecule has 0 bridgehead atoms. The standard InChI is InChI=1S/C23H31N5O2/c1-18-6-3-4-8-21(18)30-17-19-7-5-9-28(16-19)22-15-24-14-20(25-22)23(29)27-12-10-26(2)11-13-27/h3-4,6,8,14-15,19H,5,7,9-13,16-17H2,1-2H3. The zero-order valence-corrected chi connectivity index (χ0v) is 18.0. The molecule has 2 fully saturated rings. The molecule has 1 amide bonds. The molecule has 0 aliphatic carbocycles. The number of aryl methyl sites for hydroxylation is 1. The summed E-state index contributed by atoms with van der Waals surface area (Å²) in [6, 6.07) is 8.13. The first kappa shape index (κ1) is 20.6. The van der Waals surface area contributed by atoms with Crippen molar-refractivity contribution in [2.24, 2.45) is 5.92 Å². The zero-order chi connectivity index (χ0) is 20.9. The molecule has 2 aliphatic heterocycles. The van der Waals surface area contributed by atoms with Gasteiger partial charge in [-0.3, -0.25) is 9.78 Å². The topological polar surface area (TPSA) is 61.8 Å². The lowest BCUT2D eigenvalue weighted by Crippen LogP contribution is -2.47. The lowest BCUT2D eigenvalue weighted by molar-refractivity contribution is 0.0658. The fourth-order valence-corrected chi connectivity index (χ4v) is 4.12. The summed E-state index contributed by atoms with van der Waals surface area (Å²) in [6.07, 6.45) is 5.58. The first-order chi connectivity index (χ1) is 14.6. The summed E-state index contributed by atoms with van der Waals surface area (Å²) in [5.41, 5.74) is 1.60. The lowest BCUT2D eigenvalue weighted by atomic mass is 9.99. The summed E-state index contributed by atoms with van der Waals surface area (Å²) in [5, 5.41) is 0. The quantitative estimate of drug-likeness (QED) is 0.756. The fraction of sp³-hybridized carbons (Fsp3) is 0.522. The number of para-hydroxylation sites is 1. The van der Waals surface area contributed by atoms with Gasteiger partial charge in [0.2, 0.25) is 0 Å². The SMILES string of the molecule is Cc1ccccc1OCC1CCCN(c2cncc(C(=O)N3CCN(C)CC3)n2)C1. The molecule has 1 unspecified atom stereocenters. The molecule has 1 atom stereocenters. The predicted molar refractivity (Wildman–Crippen MR) is 117 cm³/mol. The van der Waals surface area contributed by atoms with Gasteiger partial charge in [0.25, 0.3) is 5.91 Å². The predicted octanol–water partition coefficient (Wildman–Crippen LogP) is 2.47. The zero-order valence-electron chi connectivity index (χ0n) is 18.0. The van der Waals surface area contributed by atoms with Crippen molar-refractivity contribution in [3.05, 3.63) is 47.9 Å². The van der Waals surface area contributed by atoms with Crippen LogP contribution in [0.3, 0.4) is 0 Å². The van der Waals surface area contributed by atoms with Gasteiger partial charge in [-0.15, -0.1) is 0 Å². The van der Waals surface area contributed by atoms with E-state index in [0.717, 1.165) is 69.2 Å². The van der Waals surface area contributed by atoms with E-state index in [0.29, 0.717) is 18.2 Å². The molecule has 3 heterocycles. The summed E-state index contributed by atoms with van der Waals surface area (Å²) < 4.78 is 6.08. The number of ether oxygens (including phenoxy) is 1. The van der Waals surface area contributed by atoms with Crippen molar-refractivity contribution in [2.75, 3.05) is 57.8 Å². The van der Waals surface area contributed by atoms with Crippen molar-refractivity contribution in [3.63, 3.8) is 0 Å². The van der Waals surface area contributed by atoms with Crippen molar-refractivity contribution in [2.45, 2.75) is 19.8 Å². The van der Waals surface area contributed by atoms with Crippen LogP contribution in [0.5, 0.6) is 5.75 Å². The average molecular weight is 410 g/mol. The number of piperidine rings is 1. The van der Waals surface area contributed by atoms with Gasteiger partial charge in [0.15, 0.2) is 0 Å². The Bertz CT molecular complexity index is 866. The number of carbonyl (C=O) groups excluding carboxylic acids is 1. The van der Waals surface area contributed by atoms with Crippen molar-refractivity contribution in [1.82, 2.24) is 19.8 Å². The van der Waals surface area contributed by atoms with E-state index in [1.54, 1.807) is 12.4 Å². The molecule has 2 aromatic rings. The van der Waals surface area contributed by atoms with Gasteiger partial charge in [0.1, 0.15) is 17.3 Å². The second kappa shape index (κ2) is 9.43. The van der Waals surface area contributed by atoms with Crippen LogP contribution in [0.1, 0.15) is 28.9 Å². The van der Waals surface area contributed by atoms with Gasteiger partial charge in [-0.25, -0.2) is 4.98 Å². The number of piperazine rings is 1. The van der Waals surface area contributed by atoms with E-state index in [1.165, 1.54) is 0 Å². The molecule has 4 rings (SSSR count). The van der Waals surface area contributed by atoms with E-state index in [2.05, 4.69) is 39.8 Å². The number of nitrogens with zero attached hydrogens (tertiary/aromatic N) is 5. The van der Waals surface area contributed by atoms with E-state index in [4.69, 9.17) is 4.74 Å². The summed E-state index contributed by atoms with van der Waals surface area (Å²) in [6.45, 7) is 7.83. The molecule has 7 heteroatoms. The minimum absolute atomic E-state index is 0.0195. The molecule has 1 aromatic carbocycles. The Kier molecular flexibility index (Phi) is 6.47. The molecule has 0 N–H and O–H groups in total. The molecule has 0 radical (unpaired) electrons. The van der Waals surface area contributed by atoms with Crippen LogP contribution in [0.15, 0.2) is 36.7 Å². The Hall–Kier alpha value is -2.67. The summed E-state index contributed by atoms with van der Waals surface area (Å²) in [7, 11) is 2.08. The third-order valence-corrected chi connectivity index (χ3v) is 6.04. The summed E-state index contributed by atoms with van der Waals surface area (Å²) in [5.74, 6) is 2.15. The first-order valence-electron chi connectivity index (χ1n) is 10.8. The molecular weight excluding hydrogens is 378 g/mol. The highest BCUT2D eigenvalue weighted by Crippen LogP contribution is 2.24. The van der Waals surface area contributed by atoms with E-state index in [-0.39, 0.29) is 5.91 Å². The van der Waals surface area contributed by atoms with Crippen molar-refractivity contribution < 1.29 is 9.53 Å². The van der Waals surface area contributed by atoms with Gasteiger partial charge < -0.3 is 19.4 Å². The second-order valence-electron chi connectivity index (χ2n) is 8.39. The number of anilines is 1. The maximum absolute atomic E-state index is 12.9. The Labute approximate surface area is 178 Å². The van der Waals surface area contributed by atoms with Gasteiger partial charge in [-0.1, -0.05) is 18.2 Å². The second-order valence-corrected chi connectivity index (χ2v) is 8.39. The highest BCUT2D eigenvalue weighted by Gasteiger charge is 2.25. The largest absolute Gasteiger partial charge is 0.493 e. The van der Waals surface area contributed by atoms with Crippen molar-refractivity contribution in [1.29, 1.82) is 0 Å². The molecule has 160 valence electrons. The average Bonchev–Trinajstić information content (AvgIpc) is 2.79. The Morgan fingerprint density at radius 2 is 1.93 bits per heavy atom. The van der Waals surface area contributed by atoms with E-state index in [9.17, 15) is 4.79 Å². The maximum Gasteiger partial charge on any atom is 0.274 e. The third-order valence-electron chi connectivity index (χ3n) is 6.04. The summed E-state index contributed by atoms with van der Waals surface area (Å²) in [4.78, 5) is 28.2. The fourth-order valence-electron chi connectivity index (χ4n) is 4.12. The number of amides is 1. The highest BCUT2D eigenvalue weighted by molar-refractivity contribution is 5.92. The number of carbonyl (C=O) groups is 1. The molecule has 0 saturated carbocycles. The monoisotopic (exact) mass is 409 g/mol. The number of aromatic nitrogens is 2. The van der Waals surface area contributed by atoms with Crippen molar-refractivity contribution >= 4 is 11.7 Å². The Balaban J connectivity index is 1.38. The molecule has 0 spiro atoms. The molecule has 1 aromatic heterocycles. The van der Waals surface area contributed by atoms with Gasteiger partial charge in [-0.2, -0.15) is 0 Å². The molecule has 7 nitrogen and oxygen atoms in total. The Morgan fingerprint density at radius 1 is 1.13 bits per heavy atom. The van der Waals surface area contributed by atoms with Crippen LogP contribution in [0.4, 0.5) is 5.82 Å². The maximum atomic E-state index is 12.9. The molecule has 2 saturated heterocycles. The minimum Gasteiger partial charge on any atom is -0.493 e. The number of benzene rings is 1. The van der Waals surface area contributed by atoms with Crippen LogP contribution in [-0.2, 0) is 0 Å². The number of likely N-dealkylation sites (N-methyl/N-ethyl adjacent to an activating group) is 1. The van der Waals surface area contributed by atoms with E-state index >= 15 is 0 Å². The van der Waals surface area contributed by atoms with Crippen LogP contribution in [0, 0.1) is 12.8 Å². The number of rotatable bonds is 5. The molecule has 30 heavy (non-hydrogen) atoms. The smallest absolute Gasteiger partial charge is 0.274 e. The van der Waals surface area contributed by atoms with E-state index < -0.39 is 0 Å². The normalized spacial score (nSPS) is 20.3. The Morgan fingerprint density at radius 3 is 2.73 bits per heavy atom. The third kappa shape index (κ3) is 4.90. The van der Waals surface area contributed by atoms with Gasteiger partial charge >= 0.3 is 0 Å². The van der Waals surface area contributed by atoms with Gasteiger partial charge in [0, 0.05) is 45.2 Å². The lowest BCUT2D eigenvalue weighted by Gasteiger charge is -2.34. The first-order valence-corrected chi connectivity index (χ1v) is 10.8. The number of hydrogen-bond acceptors (Lipinski definition) is 6. The van der Waals surface area contributed by atoms with Gasteiger partial charge in [0.05, 0.1) is 19.0 Å².